The second-order valence-electron chi connectivity index (χ2n) is 8.38. The second kappa shape index (κ2) is 9.78. The molecule has 0 radical (unpaired) electrons. The van der Waals surface area contributed by atoms with Crippen molar-refractivity contribution in [2.75, 3.05) is 17.7 Å². The Bertz CT molecular complexity index is 1130. The Hall–Kier alpha value is -2.65. The van der Waals surface area contributed by atoms with Gasteiger partial charge in [-0.3, -0.25) is 9.48 Å². The van der Waals surface area contributed by atoms with Gasteiger partial charge in [0, 0.05) is 29.3 Å². The largest absolute Gasteiger partial charge is 0.490 e. The molecule has 10 nitrogen and oxygen atoms in total. The number of carbonyl (C=O) groups is 2. The number of aliphatic carboxylic acids is 1. The summed E-state index contributed by atoms with van der Waals surface area (Å²) in [7, 11) is 0. The number of thioether (sulfide) groups is 1. The van der Waals surface area contributed by atoms with Gasteiger partial charge in [-0.15, -0.1) is 11.3 Å². The third-order valence-corrected chi connectivity index (χ3v) is 7.84. The number of alkyl halides is 3. The number of hydrogen-bond donors (Lipinski definition) is 3. The van der Waals surface area contributed by atoms with Crippen molar-refractivity contribution in [3.63, 3.8) is 0 Å². The molecule has 2 aromatic rings. The van der Waals surface area contributed by atoms with E-state index in [4.69, 9.17) is 30.3 Å². The highest BCUT2D eigenvalue weighted by molar-refractivity contribution is 8.13. The van der Waals surface area contributed by atoms with Crippen LogP contribution in [0.4, 0.5) is 19.0 Å². The van der Waals surface area contributed by atoms with Crippen molar-refractivity contribution >= 4 is 46.0 Å². The molecule has 0 bridgehead atoms. The van der Waals surface area contributed by atoms with E-state index in [1.54, 1.807) is 11.8 Å². The fraction of sp³-hybridized carbons (Fsp3) is 0.550. The first-order valence-corrected chi connectivity index (χ1v) is 12.6. The zero-order chi connectivity index (χ0) is 25.4. The van der Waals surface area contributed by atoms with Gasteiger partial charge in [0.25, 0.3) is 5.91 Å². The summed E-state index contributed by atoms with van der Waals surface area (Å²) in [5, 5.41) is 17.7. The predicted octanol–water partition coefficient (Wildman–Crippen LogP) is 2.85. The van der Waals surface area contributed by atoms with E-state index >= 15 is 0 Å². The molecule has 3 atom stereocenters. The minimum atomic E-state index is -5.08. The van der Waals surface area contributed by atoms with Gasteiger partial charge >= 0.3 is 12.1 Å². The number of nitrogens with zero attached hydrogens (tertiary/aromatic N) is 4. The number of fused-ring (bicyclic) bond motifs is 2. The minimum absolute atomic E-state index is 0.204. The molecule has 3 aliphatic rings. The molecule has 0 spiro atoms. The van der Waals surface area contributed by atoms with Gasteiger partial charge in [0.2, 0.25) is 0 Å². The Morgan fingerprint density at radius 3 is 2.83 bits per heavy atom. The highest BCUT2D eigenvalue weighted by Gasteiger charge is 2.49. The van der Waals surface area contributed by atoms with Crippen LogP contribution in [0.1, 0.15) is 41.0 Å². The maximum absolute atomic E-state index is 12.6. The van der Waals surface area contributed by atoms with E-state index in [0.29, 0.717) is 29.2 Å². The van der Waals surface area contributed by atoms with Crippen LogP contribution in [0.15, 0.2) is 16.4 Å². The summed E-state index contributed by atoms with van der Waals surface area (Å²) in [5.41, 5.74) is 7.05. The summed E-state index contributed by atoms with van der Waals surface area (Å²) in [6.45, 7) is 3.43. The van der Waals surface area contributed by atoms with Crippen LogP contribution >= 0.6 is 23.1 Å². The quantitative estimate of drug-likeness (QED) is 0.547. The molecule has 0 unspecified atom stereocenters. The Balaban J connectivity index is 0.000000364. The van der Waals surface area contributed by atoms with Crippen LogP contribution in [0.3, 0.4) is 0 Å². The van der Waals surface area contributed by atoms with Crippen LogP contribution in [-0.2, 0) is 28.0 Å². The molecule has 5 heterocycles. The standard InChI is InChI=1S/C18H22N6O2S2.C2HF3O2/c1-10-5-11-7-28-17(19)22-18(11,9-26-10)16-21-14(8-27-16)20-15(25)13-6-12-3-2-4-24(12)23-13;3-2(4,5)1(6)7/h6,8,10-11H,2-5,7,9H2,1H3,(H2,19,22)(H,20,25);(H,6,7)/t10-,11-,18-;/m0./s1. The Morgan fingerprint density at radius 2 is 2.14 bits per heavy atom. The summed E-state index contributed by atoms with van der Waals surface area (Å²) in [6.07, 6.45) is -1.90. The first kappa shape index (κ1) is 25.4. The monoisotopic (exact) mass is 532 g/mol. The number of hydrogen-bond acceptors (Lipinski definition) is 9. The maximum Gasteiger partial charge on any atom is 0.490 e. The number of aryl methyl sites for hydroxylation is 2. The number of amidine groups is 1. The van der Waals surface area contributed by atoms with Gasteiger partial charge in [0.15, 0.2) is 10.9 Å². The molecule has 0 aromatic carbocycles. The summed E-state index contributed by atoms with van der Waals surface area (Å²) < 4.78 is 39.6. The van der Waals surface area contributed by atoms with Crippen LogP contribution < -0.4 is 11.1 Å². The summed E-state index contributed by atoms with van der Waals surface area (Å²) in [4.78, 5) is 31.0. The number of carboxylic acid groups (broad SMARTS) is 1. The van der Waals surface area contributed by atoms with Crippen molar-refractivity contribution < 1.29 is 32.6 Å². The Labute approximate surface area is 206 Å². The SMILES string of the molecule is C[C@H]1C[C@H]2CSC(N)=N[C@@]2(c2nc(NC(=O)c3cc4n(n3)CCC4)cs2)CO1.O=C(O)C(F)(F)F. The first-order chi connectivity index (χ1) is 16.5. The molecular formula is C20H23F3N6O4S2. The highest BCUT2D eigenvalue weighted by atomic mass is 32.2. The lowest BCUT2D eigenvalue weighted by molar-refractivity contribution is -0.192. The first-order valence-electron chi connectivity index (χ1n) is 10.7. The van der Waals surface area contributed by atoms with Gasteiger partial charge < -0.3 is 20.9 Å². The van der Waals surface area contributed by atoms with E-state index in [1.165, 1.54) is 11.3 Å². The van der Waals surface area contributed by atoms with Gasteiger partial charge in [-0.05, 0) is 32.3 Å². The maximum atomic E-state index is 12.6. The number of halogens is 3. The molecule has 190 valence electrons. The number of aliphatic imine (C=N–C) groups is 1. The molecule has 1 amide bonds. The zero-order valence-corrected chi connectivity index (χ0v) is 20.2. The van der Waals surface area contributed by atoms with Crippen LogP contribution in [0.25, 0.3) is 0 Å². The van der Waals surface area contributed by atoms with E-state index in [9.17, 15) is 18.0 Å². The smallest absolute Gasteiger partial charge is 0.475 e. The van der Waals surface area contributed by atoms with Crippen molar-refractivity contribution in [1.82, 2.24) is 14.8 Å². The van der Waals surface area contributed by atoms with Gasteiger partial charge in [-0.2, -0.15) is 18.3 Å². The fourth-order valence-electron chi connectivity index (χ4n) is 4.16. The second-order valence-corrected chi connectivity index (χ2v) is 10.3. The molecule has 1 saturated heterocycles. The molecule has 2 aromatic heterocycles. The number of ether oxygens (including phenoxy) is 1. The number of nitrogens with two attached hydrogens (primary N) is 1. The lowest BCUT2D eigenvalue weighted by Crippen LogP contribution is -2.49. The summed E-state index contributed by atoms with van der Waals surface area (Å²) in [6, 6.07) is 1.87. The van der Waals surface area contributed by atoms with E-state index in [1.807, 2.05) is 16.1 Å². The van der Waals surface area contributed by atoms with Crippen LogP contribution in [-0.4, -0.2) is 61.6 Å². The summed E-state index contributed by atoms with van der Waals surface area (Å²) >= 11 is 3.09. The van der Waals surface area contributed by atoms with Gasteiger partial charge in [0.05, 0.1) is 12.7 Å². The minimum Gasteiger partial charge on any atom is -0.475 e. The van der Waals surface area contributed by atoms with Gasteiger partial charge in [-0.25, -0.2) is 14.8 Å². The van der Waals surface area contributed by atoms with Crippen molar-refractivity contribution in [2.45, 2.75) is 50.6 Å². The number of aromatic nitrogens is 3. The number of amides is 1. The van der Waals surface area contributed by atoms with E-state index in [-0.39, 0.29) is 12.0 Å². The number of nitrogens with one attached hydrogen (secondary N) is 1. The van der Waals surface area contributed by atoms with Crippen LogP contribution in [0, 0.1) is 5.92 Å². The molecule has 0 saturated carbocycles. The van der Waals surface area contributed by atoms with Crippen LogP contribution in [0.2, 0.25) is 0 Å². The number of anilines is 1. The summed E-state index contributed by atoms with van der Waals surface area (Å²) in [5.74, 6) is -1.24. The molecule has 5 rings (SSSR count). The average molecular weight is 533 g/mol. The molecular weight excluding hydrogens is 509 g/mol. The molecule has 4 N–H and O–H groups in total. The lowest BCUT2D eigenvalue weighted by atomic mass is 9.80. The molecule has 1 fully saturated rings. The number of rotatable bonds is 3. The number of carbonyl (C=O) groups excluding carboxylic acids is 1. The Morgan fingerprint density at radius 1 is 1.40 bits per heavy atom. The predicted molar refractivity (Wildman–Crippen MR) is 124 cm³/mol. The third kappa shape index (κ3) is 5.46. The topological polar surface area (TPSA) is 145 Å². The normalized spacial score (nSPS) is 25.5. The average Bonchev–Trinajstić information content (AvgIpc) is 3.50. The van der Waals surface area contributed by atoms with Crippen LogP contribution in [0.5, 0.6) is 0 Å². The van der Waals surface area contributed by atoms with E-state index < -0.39 is 17.7 Å². The van der Waals surface area contributed by atoms with Gasteiger partial charge in [0.1, 0.15) is 16.4 Å². The Kier molecular flexibility index (Phi) is 7.11. The third-order valence-electron chi connectivity index (χ3n) is 5.88. The molecule has 3 aliphatic heterocycles. The van der Waals surface area contributed by atoms with Crippen molar-refractivity contribution in [1.29, 1.82) is 0 Å². The van der Waals surface area contributed by atoms with Crippen molar-refractivity contribution in [3.05, 3.63) is 27.8 Å². The highest BCUT2D eigenvalue weighted by Crippen LogP contribution is 2.47. The number of carboxylic acids is 1. The molecule has 35 heavy (non-hydrogen) atoms. The zero-order valence-electron chi connectivity index (χ0n) is 18.5. The van der Waals surface area contributed by atoms with Crippen molar-refractivity contribution in [3.8, 4) is 0 Å². The van der Waals surface area contributed by atoms with E-state index in [2.05, 4.69) is 17.3 Å². The number of thiazole rings is 1. The lowest BCUT2D eigenvalue weighted by Gasteiger charge is -2.44. The van der Waals surface area contributed by atoms with Crippen molar-refractivity contribution in [2.24, 2.45) is 16.6 Å². The molecule has 15 heteroatoms. The molecule has 0 aliphatic carbocycles. The van der Waals surface area contributed by atoms with Gasteiger partial charge in [-0.1, -0.05) is 11.8 Å². The fourth-order valence-corrected chi connectivity index (χ4v) is 6.13. The van der Waals surface area contributed by atoms with E-state index in [0.717, 1.165) is 42.3 Å².